The zero-order valence-electron chi connectivity index (χ0n) is 10.8. The first-order chi connectivity index (χ1) is 8.81. The van der Waals surface area contributed by atoms with E-state index >= 15 is 0 Å². The number of hydrogen-bond donors (Lipinski definition) is 1. The van der Waals surface area contributed by atoms with Crippen LogP contribution in [0.2, 0.25) is 0 Å². The summed E-state index contributed by atoms with van der Waals surface area (Å²) in [7, 11) is 3.47. The summed E-state index contributed by atoms with van der Waals surface area (Å²) in [6.45, 7) is 2.06. The van der Waals surface area contributed by atoms with Crippen LogP contribution in [-0.4, -0.2) is 24.1 Å². The van der Waals surface area contributed by atoms with Gasteiger partial charge in [0, 0.05) is 24.4 Å². The normalized spacial score (nSPS) is 12.4. The van der Waals surface area contributed by atoms with Gasteiger partial charge in [0.25, 0.3) is 0 Å². The Morgan fingerprint density at radius 2 is 2.17 bits per heavy atom. The average Bonchev–Trinajstić information content (AvgIpc) is 2.88. The molecular formula is C13H17N3O2. The highest BCUT2D eigenvalue weighted by Crippen LogP contribution is 2.29. The number of rotatable bonds is 5. The summed E-state index contributed by atoms with van der Waals surface area (Å²) in [4.78, 5) is 8.54. The summed E-state index contributed by atoms with van der Waals surface area (Å²) in [5.41, 5.74) is 1.83. The van der Waals surface area contributed by atoms with E-state index in [1.165, 1.54) is 0 Å². The van der Waals surface area contributed by atoms with E-state index in [-0.39, 0.29) is 6.04 Å². The van der Waals surface area contributed by atoms with Crippen LogP contribution in [0.4, 0.5) is 0 Å². The van der Waals surface area contributed by atoms with Gasteiger partial charge in [-0.15, -0.1) is 0 Å². The molecule has 0 saturated carbocycles. The van der Waals surface area contributed by atoms with Crippen molar-refractivity contribution in [3.63, 3.8) is 0 Å². The van der Waals surface area contributed by atoms with Crippen molar-refractivity contribution < 1.29 is 9.15 Å². The average molecular weight is 247 g/mol. The highest BCUT2D eigenvalue weighted by Gasteiger charge is 2.22. The van der Waals surface area contributed by atoms with Gasteiger partial charge in [-0.3, -0.25) is 4.98 Å². The van der Waals surface area contributed by atoms with Crippen LogP contribution in [0.15, 0.2) is 29.1 Å². The molecule has 2 aromatic heterocycles. The number of nitrogens with zero attached hydrogens (tertiary/aromatic N) is 2. The fourth-order valence-corrected chi connectivity index (χ4v) is 2.03. The maximum Gasteiger partial charge on any atom is 0.237 e. The third-order valence-corrected chi connectivity index (χ3v) is 2.86. The molecule has 18 heavy (non-hydrogen) atoms. The number of methoxy groups -OCH3 is 1. The van der Waals surface area contributed by atoms with E-state index in [1.54, 1.807) is 25.8 Å². The second-order valence-corrected chi connectivity index (χ2v) is 3.83. The van der Waals surface area contributed by atoms with Crippen molar-refractivity contribution in [2.24, 2.45) is 0 Å². The fourth-order valence-electron chi connectivity index (χ4n) is 2.03. The maximum absolute atomic E-state index is 5.46. The minimum atomic E-state index is -0.0812. The second kappa shape index (κ2) is 5.64. The van der Waals surface area contributed by atoms with Crippen molar-refractivity contribution in [2.45, 2.75) is 19.4 Å². The monoisotopic (exact) mass is 247 g/mol. The molecule has 0 saturated heterocycles. The van der Waals surface area contributed by atoms with Crippen LogP contribution in [0.5, 0.6) is 5.88 Å². The molecule has 0 aliphatic rings. The molecule has 96 valence electrons. The summed E-state index contributed by atoms with van der Waals surface area (Å²) in [5.74, 6) is 1.47. The lowest BCUT2D eigenvalue weighted by Crippen LogP contribution is -2.20. The van der Waals surface area contributed by atoms with Gasteiger partial charge in [-0.25, -0.2) is 4.98 Å². The maximum atomic E-state index is 5.46. The van der Waals surface area contributed by atoms with Gasteiger partial charge in [-0.05, 0) is 13.1 Å². The van der Waals surface area contributed by atoms with Gasteiger partial charge in [-0.1, -0.05) is 6.92 Å². The van der Waals surface area contributed by atoms with Crippen molar-refractivity contribution in [3.05, 3.63) is 41.7 Å². The number of ether oxygens (including phenoxy) is 1. The van der Waals surface area contributed by atoms with Crippen molar-refractivity contribution in [1.29, 1.82) is 0 Å². The Morgan fingerprint density at radius 3 is 2.83 bits per heavy atom. The quantitative estimate of drug-likeness (QED) is 0.875. The van der Waals surface area contributed by atoms with Crippen LogP contribution in [0.3, 0.4) is 0 Å². The number of hydrogen-bond acceptors (Lipinski definition) is 5. The molecule has 5 heteroatoms. The van der Waals surface area contributed by atoms with E-state index in [0.717, 1.165) is 23.4 Å². The minimum absolute atomic E-state index is 0.0812. The predicted molar refractivity (Wildman–Crippen MR) is 67.6 cm³/mol. The lowest BCUT2D eigenvalue weighted by Gasteiger charge is -2.17. The third-order valence-electron chi connectivity index (χ3n) is 2.86. The van der Waals surface area contributed by atoms with Crippen LogP contribution >= 0.6 is 0 Å². The lowest BCUT2D eigenvalue weighted by molar-refractivity contribution is 0.383. The van der Waals surface area contributed by atoms with Crippen LogP contribution in [0.25, 0.3) is 0 Å². The predicted octanol–water partition coefficient (Wildman–Crippen LogP) is 1.95. The van der Waals surface area contributed by atoms with Gasteiger partial charge < -0.3 is 14.5 Å². The highest BCUT2D eigenvalue weighted by atomic mass is 16.5. The molecule has 2 rings (SSSR count). The highest BCUT2D eigenvalue weighted by molar-refractivity contribution is 5.34. The molecule has 0 fully saturated rings. The van der Waals surface area contributed by atoms with E-state index in [0.29, 0.717) is 5.88 Å². The van der Waals surface area contributed by atoms with E-state index < -0.39 is 0 Å². The van der Waals surface area contributed by atoms with Gasteiger partial charge in [0.2, 0.25) is 5.88 Å². The minimum Gasteiger partial charge on any atom is -0.480 e. The van der Waals surface area contributed by atoms with Gasteiger partial charge in [0.1, 0.15) is 11.5 Å². The molecule has 0 aliphatic carbocycles. The molecule has 0 spiro atoms. The zero-order chi connectivity index (χ0) is 13.0. The first-order valence-corrected chi connectivity index (χ1v) is 5.90. The first kappa shape index (κ1) is 12.6. The smallest absolute Gasteiger partial charge is 0.237 e. The Labute approximate surface area is 106 Å². The summed E-state index contributed by atoms with van der Waals surface area (Å²) < 4.78 is 10.7. The topological polar surface area (TPSA) is 60.2 Å². The van der Waals surface area contributed by atoms with E-state index in [1.807, 2.05) is 13.1 Å². The van der Waals surface area contributed by atoms with E-state index in [2.05, 4.69) is 22.2 Å². The van der Waals surface area contributed by atoms with Crippen molar-refractivity contribution >= 4 is 0 Å². The van der Waals surface area contributed by atoms with Gasteiger partial charge in [-0.2, -0.15) is 0 Å². The molecule has 0 radical (unpaired) electrons. The zero-order valence-corrected chi connectivity index (χ0v) is 10.8. The van der Waals surface area contributed by atoms with Crippen LogP contribution in [-0.2, 0) is 6.42 Å². The van der Waals surface area contributed by atoms with Crippen LogP contribution < -0.4 is 10.1 Å². The number of aromatic nitrogens is 2. The standard InChI is InChI=1S/C13H17N3O2/c1-4-10-9(5-8-18-10)11(14-2)12-13(17-3)16-7-6-15-12/h5-8,11,14H,4H2,1-3H3. The SMILES string of the molecule is CCc1occc1C(NC)c1nccnc1OC. The molecule has 2 aromatic rings. The van der Waals surface area contributed by atoms with Crippen molar-refractivity contribution in [3.8, 4) is 5.88 Å². The molecule has 1 unspecified atom stereocenters. The molecule has 1 N–H and O–H groups in total. The molecule has 0 aliphatic heterocycles. The summed E-state index contributed by atoms with van der Waals surface area (Å²) in [6.07, 6.45) is 5.81. The Balaban J connectivity index is 2.45. The number of aryl methyl sites for hydroxylation is 1. The second-order valence-electron chi connectivity index (χ2n) is 3.83. The van der Waals surface area contributed by atoms with Crippen molar-refractivity contribution in [1.82, 2.24) is 15.3 Å². The molecule has 5 nitrogen and oxygen atoms in total. The molecule has 1 atom stereocenters. The molecular weight excluding hydrogens is 230 g/mol. The number of furan rings is 1. The summed E-state index contributed by atoms with van der Waals surface area (Å²) in [5, 5.41) is 3.23. The van der Waals surface area contributed by atoms with E-state index in [4.69, 9.17) is 9.15 Å². The Kier molecular flexibility index (Phi) is 3.94. The molecule has 2 heterocycles. The Morgan fingerprint density at radius 1 is 1.39 bits per heavy atom. The van der Waals surface area contributed by atoms with Gasteiger partial charge in [0.15, 0.2) is 0 Å². The summed E-state index contributed by atoms with van der Waals surface area (Å²) >= 11 is 0. The van der Waals surface area contributed by atoms with Crippen LogP contribution in [0.1, 0.15) is 30.0 Å². The molecule has 0 bridgehead atoms. The van der Waals surface area contributed by atoms with Crippen molar-refractivity contribution in [2.75, 3.05) is 14.2 Å². The van der Waals surface area contributed by atoms with Gasteiger partial charge in [0.05, 0.1) is 19.4 Å². The molecule has 0 aromatic carbocycles. The Bertz CT molecular complexity index is 510. The van der Waals surface area contributed by atoms with Crippen LogP contribution in [0, 0.1) is 0 Å². The summed E-state index contributed by atoms with van der Waals surface area (Å²) in [6, 6.07) is 1.87. The lowest BCUT2D eigenvalue weighted by atomic mass is 10.0. The fraction of sp³-hybridized carbons (Fsp3) is 0.385. The van der Waals surface area contributed by atoms with E-state index in [9.17, 15) is 0 Å². The first-order valence-electron chi connectivity index (χ1n) is 5.90. The third kappa shape index (κ3) is 2.22. The van der Waals surface area contributed by atoms with Gasteiger partial charge >= 0.3 is 0 Å². The Hall–Kier alpha value is -1.88. The molecule has 0 amide bonds. The largest absolute Gasteiger partial charge is 0.480 e. The number of nitrogens with one attached hydrogen (secondary N) is 1.